The van der Waals surface area contributed by atoms with E-state index in [1.807, 2.05) is 42.5 Å². The molecule has 0 N–H and O–H groups in total. The van der Waals surface area contributed by atoms with Crippen LogP contribution in [0, 0.1) is 11.8 Å². The summed E-state index contributed by atoms with van der Waals surface area (Å²) in [6, 6.07) is 21.2. The zero-order valence-corrected chi connectivity index (χ0v) is 45.5. The molecule has 2 aliphatic carbocycles. The molecule has 0 radical (unpaired) electrons. The van der Waals surface area contributed by atoms with E-state index in [-0.39, 0.29) is 49.5 Å². The number of nitrogens with zero attached hydrogens (tertiary/aromatic N) is 3. The minimum atomic E-state index is -2.03. The number of likely N-dealkylation sites (N-methyl/N-ethyl adjacent to an activating group) is 3. The highest BCUT2D eigenvalue weighted by Crippen LogP contribution is 2.37. The Hall–Kier alpha value is -6.20. The van der Waals surface area contributed by atoms with E-state index in [0.717, 1.165) is 91.1 Å². The van der Waals surface area contributed by atoms with E-state index in [1.165, 1.54) is 38.4 Å². The number of hydrogen-bond donors (Lipinski definition) is 0. The molecule has 0 spiro atoms. The molecular weight excluding hydrogens is 990 g/mol. The molecule has 0 unspecified atom stereocenters. The van der Waals surface area contributed by atoms with Crippen molar-refractivity contribution >= 4 is 41.6 Å². The van der Waals surface area contributed by atoms with Gasteiger partial charge in [-0.2, -0.15) is 0 Å². The molecule has 4 atom stereocenters. The third-order valence-corrected chi connectivity index (χ3v) is 15.4. The number of benzene rings is 3. The van der Waals surface area contributed by atoms with Crippen LogP contribution in [-0.4, -0.2) is 147 Å². The maximum absolute atomic E-state index is 15.7. The van der Waals surface area contributed by atoms with E-state index >= 15 is 4.39 Å². The molecule has 4 aliphatic rings. The summed E-state index contributed by atoms with van der Waals surface area (Å²) in [5, 5.41) is 0. The van der Waals surface area contributed by atoms with Gasteiger partial charge < -0.3 is 43.1 Å². The maximum atomic E-state index is 15.7. The molecule has 2 saturated heterocycles. The molecule has 2 heterocycles. The summed E-state index contributed by atoms with van der Waals surface area (Å²) in [5.41, 5.74) is 2.69. The van der Waals surface area contributed by atoms with Crippen LogP contribution in [0.5, 0.6) is 0 Å². The van der Waals surface area contributed by atoms with Crippen LogP contribution < -0.4 is 0 Å². The van der Waals surface area contributed by atoms with Crippen molar-refractivity contribution in [3.63, 3.8) is 0 Å². The zero-order valence-electron chi connectivity index (χ0n) is 45.5. The number of carbonyl (C=O) groups is 7. The van der Waals surface area contributed by atoms with E-state index in [4.69, 9.17) is 28.4 Å². The fourth-order valence-electron chi connectivity index (χ4n) is 10.1. The lowest BCUT2D eigenvalue weighted by molar-refractivity contribution is -0.172. The standard InChI is InChI=1S/C60H78FN3O13/c1-60(2,61)36-51(63(4)54(66)38-75-57(69)49(33-41-11-12-41)62(3)53(65)24-19-40-15-20-45(21-16-40)47-25-29-72-30-26-47)59(71)77-52(35-43-17-22-46(23-18-43)48-27-31-73-32-28-48)56(68)64(5)50(34-42-13-14-42)58(70)76-39-55(67)74-37-44-9-7-6-8-10-44/h6-10,15-18,20-23,41-42,47-52H,11-14,19,24-39H2,1-5H3/t49-,50-,51-,52+/m0/s1. The van der Waals surface area contributed by atoms with Crippen LogP contribution in [0.1, 0.15) is 131 Å². The maximum Gasteiger partial charge on any atom is 0.344 e. The van der Waals surface area contributed by atoms with Gasteiger partial charge in [0.25, 0.3) is 11.8 Å². The van der Waals surface area contributed by atoms with Gasteiger partial charge in [0, 0.05) is 66.8 Å². The molecule has 3 aromatic rings. The lowest BCUT2D eigenvalue weighted by atomic mass is 9.90. The first-order valence-corrected chi connectivity index (χ1v) is 27.5. The number of alkyl halides is 1. The van der Waals surface area contributed by atoms with E-state index < -0.39 is 85.2 Å². The number of rotatable bonds is 27. The molecule has 7 rings (SSSR count). The Balaban J connectivity index is 1.02. The normalized spacial score (nSPS) is 17.7. The van der Waals surface area contributed by atoms with Gasteiger partial charge in [0.2, 0.25) is 5.91 Å². The number of aryl methyl sites for hydroxylation is 1. The van der Waals surface area contributed by atoms with Gasteiger partial charge in [-0.15, -0.1) is 0 Å². The summed E-state index contributed by atoms with van der Waals surface area (Å²) in [6.45, 7) is 3.74. The van der Waals surface area contributed by atoms with Crippen molar-refractivity contribution in [2.45, 2.75) is 152 Å². The lowest BCUT2D eigenvalue weighted by Crippen LogP contribution is -2.52. The molecule has 77 heavy (non-hydrogen) atoms. The van der Waals surface area contributed by atoms with Crippen LogP contribution >= 0.6 is 0 Å². The zero-order chi connectivity index (χ0) is 55.1. The minimum absolute atomic E-state index is 0.0220. The Kier molecular flexibility index (Phi) is 21.2. The third-order valence-electron chi connectivity index (χ3n) is 15.4. The summed E-state index contributed by atoms with van der Waals surface area (Å²) in [4.78, 5) is 101. The van der Waals surface area contributed by atoms with Crippen LogP contribution in [0.3, 0.4) is 0 Å². The van der Waals surface area contributed by atoms with Gasteiger partial charge in [0.05, 0.1) is 0 Å². The highest BCUT2D eigenvalue weighted by atomic mass is 19.1. The fraction of sp³-hybridized carbons (Fsp3) is 0.583. The van der Waals surface area contributed by atoms with Crippen molar-refractivity contribution in [1.82, 2.24) is 14.7 Å². The average Bonchev–Trinajstić information content (AvgIpc) is 4.41. The van der Waals surface area contributed by atoms with Gasteiger partial charge in [-0.25, -0.2) is 23.6 Å². The number of amides is 3. The van der Waals surface area contributed by atoms with Crippen molar-refractivity contribution in [3.8, 4) is 0 Å². The number of halogens is 1. The number of hydrogen-bond acceptors (Lipinski definition) is 13. The van der Waals surface area contributed by atoms with Crippen molar-refractivity contribution in [3.05, 3.63) is 107 Å². The quantitative estimate of drug-likeness (QED) is 0.0537. The molecule has 17 heteroatoms. The highest BCUT2D eigenvalue weighted by molar-refractivity contribution is 5.91. The summed E-state index contributed by atoms with van der Waals surface area (Å²) >= 11 is 0. The minimum Gasteiger partial charge on any atom is -0.458 e. The van der Waals surface area contributed by atoms with Gasteiger partial charge >= 0.3 is 23.9 Å². The molecule has 3 aromatic carbocycles. The first-order valence-electron chi connectivity index (χ1n) is 27.5. The Morgan fingerprint density at radius 3 is 1.58 bits per heavy atom. The second-order valence-corrected chi connectivity index (χ2v) is 22.0. The molecular formula is C60H78FN3O13. The van der Waals surface area contributed by atoms with Gasteiger partial charge in [-0.1, -0.05) is 105 Å². The third kappa shape index (κ3) is 18.2. The first-order chi connectivity index (χ1) is 36.9. The predicted octanol–water partition coefficient (Wildman–Crippen LogP) is 7.61. The molecule has 2 aliphatic heterocycles. The summed E-state index contributed by atoms with van der Waals surface area (Å²) in [5.74, 6) is -4.28. The van der Waals surface area contributed by atoms with Crippen LogP contribution in [0.15, 0.2) is 78.9 Å². The first kappa shape index (κ1) is 58.5. The van der Waals surface area contributed by atoms with Crippen molar-refractivity contribution < 1.29 is 66.4 Å². The fourth-order valence-corrected chi connectivity index (χ4v) is 10.1. The van der Waals surface area contributed by atoms with Crippen LogP contribution in [0.4, 0.5) is 4.39 Å². The SMILES string of the molecule is CN(C(=O)CCc1ccc(C2CCOCC2)cc1)[C@@H](CC1CC1)C(=O)OCC(=O)N(C)[C@@H](CC(C)(C)F)C(=O)O[C@H](Cc1ccc(C2CCOCC2)cc1)C(=O)N(C)[C@@H](CC1CC1)C(=O)OCC(=O)OCc1ccccc1. The van der Waals surface area contributed by atoms with E-state index in [0.29, 0.717) is 37.5 Å². The number of carbonyl (C=O) groups excluding carboxylic acids is 7. The second kappa shape index (κ2) is 27.9. The monoisotopic (exact) mass is 1070 g/mol. The summed E-state index contributed by atoms with van der Waals surface area (Å²) in [6.07, 6.45) is 6.07. The molecule has 16 nitrogen and oxygen atoms in total. The van der Waals surface area contributed by atoms with Gasteiger partial charge in [0.15, 0.2) is 19.3 Å². The van der Waals surface area contributed by atoms with Gasteiger partial charge in [-0.3, -0.25) is 14.4 Å². The van der Waals surface area contributed by atoms with E-state index in [2.05, 4.69) is 12.1 Å². The van der Waals surface area contributed by atoms with Crippen molar-refractivity contribution in [1.29, 1.82) is 0 Å². The Morgan fingerprint density at radius 2 is 1.06 bits per heavy atom. The predicted molar refractivity (Wildman–Crippen MR) is 283 cm³/mol. The molecule has 0 aromatic heterocycles. The molecule has 418 valence electrons. The Labute approximate surface area is 452 Å². The number of esters is 4. The Morgan fingerprint density at radius 1 is 0.571 bits per heavy atom. The number of ether oxygens (including phenoxy) is 6. The molecule has 0 bridgehead atoms. The average molecular weight is 1070 g/mol. The Bertz CT molecular complexity index is 2450. The largest absolute Gasteiger partial charge is 0.458 e. The van der Waals surface area contributed by atoms with Crippen LogP contribution in [0.2, 0.25) is 0 Å². The smallest absolute Gasteiger partial charge is 0.344 e. The van der Waals surface area contributed by atoms with Crippen molar-refractivity contribution in [2.75, 3.05) is 60.8 Å². The van der Waals surface area contributed by atoms with Gasteiger partial charge in [0.1, 0.15) is 30.4 Å². The van der Waals surface area contributed by atoms with E-state index in [1.54, 1.807) is 31.3 Å². The topological polar surface area (TPSA) is 185 Å². The van der Waals surface area contributed by atoms with E-state index in [9.17, 15) is 33.6 Å². The summed E-state index contributed by atoms with van der Waals surface area (Å²) in [7, 11) is 4.23. The van der Waals surface area contributed by atoms with Crippen molar-refractivity contribution in [2.24, 2.45) is 11.8 Å². The lowest BCUT2D eigenvalue weighted by Gasteiger charge is -2.33. The molecule has 2 saturated carbocycles. The molecule has 3 amide bonds. The van der Waals surface area contributed by atoms with Crippen LogP contribution in [0.25, 0.3) is 0 Å². The van der Waals surface area contributed by atoms with Crippen LogP contribution in [-0.2, 0) is 81.4 Å². The second-order valence-electron chi connectivity index (χ2n) is 22.0. The highest BCUT2D eigenvalue weighted by Gasteiger charge is 2.42. The van der Waals surface area contributed by atoms with Gasteiger partial charge in [-0.05, 0) is 110 Å². The molecule has 4 fully saturated rings. The summed E-state index contributed by atoms with van der Waals surface area (Å²) < 4.78 is 49.2.